The van der Waals surface area contributed by atoms with Crippen LogP contribution in [-0.4, -0.2) is 48.6 Å². The lowest BCUT2D eigenvalue weighted by Crippen LogP contribution is -2.24. The molecule has 0 aromatic heterocycles. The Balaban J connectivity index is 2.20. The Morgan fingerprint density at radius 2 is 1.16 bits per heavy atom. The summed E-state index contributed by atoms with van der Waals surface area (Å²) in [5.41, 5.74) is 2.13. The molecule has 0 saturated carbocycles. The highest BCUT2D eigenvalue weighted by Gasteiger charge is 2.47. The minimum atomic E-state index is -1.05. The van der Waals surface area contributed by atoms with Gasteiger partial charge in [0.1, 0.15) is 0 Å². The van der Waals surface area contributed by atoms with Gasteiger partial charge < -0.3 is 29.2 Å². The van der Waals surface area contributed by atoms with E-state index in [2.05, 4.69) is 0 Å². The lowest BCUT2D eigenvalue weighted by molar-refractivity contribution is -0.143. The Labute approximate surface area is 224 Å². The van der Waals surface area contributed by atoms with Gasteiger partial charge in [-0.2, -0.15) is 0 Å². The molecule has 3 unspecified atom stereocenters. The summed E-state index contributed by atoms with van der Waals surface area (Å²) in [5.74, 6) is -2.21. The Kier molecular flexibility index (Phi) is 10.7. The third-order valence-corrected chi connectivity index (χ3v) is 6.53. The van der Waals surface area contributed by atoms with E-state index in [1.54, 1.807) is 6.07 Å². The van der Waals surface area contributed by atoms with E-state index in [9.17, 15) is 19.8 Å². The van der Waals surface area contributed by atoms with Crippen molar-refractivity contribution in [1.29, 1.82) is 0 Å². The maximum absolute atomic E-state index is 12.7. The zero-order valence-electron chi connectivity index (χ0n) is 22.8. The van der Waals surface area contributed by atoms with Crippen LogP contribution >= 0.6 is 0 Å². The molecular formula is C30H40O8. The molecule has 8 heteroatoms. The summed E-state index contributed by atoms with van der Waals surface area (Å²) in [6, 6.07) is 9.12. The van der Waals surface area contributed by atoms with Crippen LogP contribution in [-0.2, 0) is 9.59 Å². The number of carboxylic acid groups (broad SMARTS) is 2. The first-order chi connectivity index (χ1) is 18.4. The van der Waals surface area contributed by atoms with Crippen molar-refractivity contribution >= 4 is 11.9 Å². The summed E-state index contributed by atoms with van der Waals surface area (Å²) in [5, 5.41) is 20.1. The standard InChI is InChI=1S/C30H40O8/c1-5-11-35-23-10-9-19(15-24(23)36-12-6-2)28-21-17-26(38-14-8-4)25(37-13-7-3)16-20(21)22(18-27(31)32)29(28)30(33)34/h9-10,15-17,22,28-29H,5-8,11-14,18H2,1-4H3,(H,31,32)(H,33,34). The van der Waals surface area contributed by atoms with Gasteiger partial charge in [0.2, 0.25) is 0 Å². The van der Waals surface area contributed by atoms with Crippen LogP contribution in [0.3, 0.4) is 0 Å². The van der Waals surface area contributed by atoms with Gasteiger partial charge in [-0.3, -0.25) is 9.59 Å². The molecule has 0 amide bonds. The number of rotatable bonds is 16. The van der Waals surface area contributed by atoms with Crippen molar-refractivity contribution in [2.24, 2.45) is 5.92 Å². The van der Waals surface area contributed by atoms with Crippen LogP contribution in [0.15, 0.2) is 30.3 Å². The lowest BCUT2D eigenvalue weighted by Gasteiger charge is -2.23. The first-order valence-electron chi connectivity index (χ1n) is 13.6. The SMILES string of the molecule is CCCOc1ccc(C2c3cc(OCCC)c(OCCC)cc3C(CC(=O)O)C2C(=O)O)cc1OCCC. The molecule has 0 fully saturated rings. The fourth-order valence-electron chi connectivity index (χ4n) is 4.95. The molecule has 2 aromatic carbocycles. The smallest absolute Gasteiger partial charge is 0.308 e. The average molecular weight is 529 g/mol. The molecule has 1 aliphatic carbocycles. The Hall–Kier alpha value is -3.42. The third-order valence-electron chi connectivity index (χ3n) is 6.53. The fraction of sp³-hybridized carbons (Fsp3) is 0.533. The number of fused-ring (bicyclic) bond motifs is 1. The normalized spacial score (nSPS) is 18.1. The Morgan fingerprint density at radius 3 is 1.63 bits per heavy atom. The maximum Gasteiger partial charge on any atom is 0.308 e. The minimum Gasteiger partial charge on any atom is -0.490 e. The second-order valence-corrected chi connectivity index (χ2v) is 9.57. The summed E-state index contributed by atoms with van der Waals surface area (Å²) < 4.78 is 23.8. The lowest BCUT2D eigenvalue weighted by atomic mass is 9.81. The molecular weight excluding hydrogens is 488 g/mol. The van der Waals surface area contributed by atoms with Gasteiger partial charge in [-0.25, -0.2) is 0 Å². The minimum absolute atomic E-state index is 0.306. The molecule has 0 aliphatic heterocycles. The second-order valence-electron chi connectivity index (χ2n) is 9.57. The molecule has 0 heterocycles. The van der Waals surface area contributed by atoms with Crippen molar-refractivity contribution in [3.63, 3.8) is 0 Å². The van der Waals surface area contributed by atoms with E-state index in [1.165, 1.54) is 0 Å². The average Bonchev–Trinajstić information content (AvgIpc) is 3.20. The monoisotopic (exact) mass is 528 g/mol. The van der Waals surface area contributed by atoms with Gasteiger partial charge in [0.05, 0.1) is 38.8 Å². The molecule has 0 bridgehead atoms. The van der Waals surface area contributed by atoms with E-state index in [0.29, 0.717) is 55.0 Å². The van der Waals surface area contributed by atoms with Crippen LogP contribution in [0.1, 0.15) is 88.3 Å². The number of carbonyl (C=O) groups is 2. The molecule has 3 rings (SSSR count). The molecule has 0 spiro atoms. The molecule has 208 valence electrons. The number of ether oxygens (including phenoxy) is 4. The molecule has 8 nitrogen and oxygen atoms in total. The highest BCUT2D eigenvalue weighted by Crippen LogP contribution is 2.54. The summed E-state index contributed by atoms with van der Waals surface area (Å²) >= 11 is 0. The predicted molar refractivity (Wildman–Crippen MR) is 144 cm³/mol. The van der Waals surface area contributed by atoms with Crippen LogP contribution in [0.2, 0.25) is 0 Å². The predicted octanol–water partition coefficient (Wildman–Crippen LogP) is 6.25. The second kappa shape index (κ2) is 13.9. The van der Waals surface area contributed by atoms with Crippen LogP contribution < -0.4 is 18.9 Å². The summed E-state index contributed by atoms with van der Waals surface area (Å²) in [7, 11) is 0. The Bertz CT molecular complexity index is 1100. The number of benzene rings is 2. The Morgan fingerprint density at radius 1 is 0.684 bits per heavy atom. The number of aliphatic carboxylic acids is 2. The van der Waals surface area contributed by atoms with Crippen molar-refractivity contribution < 1.29 is 38.7 Å². The first-order valence-corrected chi connectivity index (χ1v) is 13.6. The quantitative estimate of drug-likeness (QED) is 0.263. The molecule has 2 N–H and O–H groups in total. The van der Waals surface area contributed by atoms with E-state index >= 15 is 0 Å². The topological polar surface area (TPSA) is 112 Å². The molecule has 1 aliphatic rings. The van der Waals surface area contributed by atoms with Gasteiger partial charge in [-0.1, -0.05) is 33.8 Å². The molecule has 38 heavy (non-hydrogen) atoms. The molecule has 0 saturated heterocycles. The van der Waals surface area contributed by atoms with Crippen LogP contribution in [0, 0.1) is 5.92 Å². The van der Waals surface area contributed by atoms with E-state index in [-0.39, 0.29) is 6.42 Å². The third kappa shape index (κ3) is 6.71. The number of hydrogen-bond donors (Lipinski definition) is 2. The molecule has 0 radical (unpaired) electrons. The zero-order valence-corrected chi connectivity index (χ0v) is 22.8. The van der Waals surface area contributed by atoms with Crippen LogP contribution in [0.5, 0.6) is 23.0 Å². The molecule has 2 aromatic rings. The van der Waals surface area contributed by atoms with Crippen molar-refractivity contribution in [2.75, 3.05) is 26.4 Å². The maximum atomic E-state index is 12.7. The van der Waals surface area contributed by atoms with Gasteiger partial charge in [-0.15, -0.1) is 0 Å². The van der Waals surface area contributed by atoms with Gasteiger partial charge in [0.15, 0.2) is 23.0 Å². The van der Waals surface area contributed by atoms with Crippen LogP contribution in [0.25, 0.3) is 0 Å². The van der Waals surface area contributed by atoms with Gasteiger partial charge >= 0.3 is 11.9 Å². The number of hydrogen-bond acceptors (Lipinski definition) is 6. The summed E-state index contributed by atoms with van der Waals surface area (Å²) in [4.78, 5) is 24.6. The highest BCUT2D eigenvalue weighted by atomic mass is 16.5. The van der Waals surface area contributed by atoms with Gasteiger partial charge in [0.25, 0.3) is 0 Å². The summed E-state index contributed by atoms with van der Waals surface area (Å²) in [6.07, 6.45) is 2.92. The van der Waals surface area contributed by atoms with Crippen LogP contribution in [0.4, 0.5) is 0 Å². The van der Waals surface area contributed by atoms with Crippen molar-refractivity contribution in [2.45, 2.75) is 71.6 Å². The zero-order chi connectivity index (χ0) is 27.7. The van der Waals surface area contributed by atoms with Gasteiger partial charge in [0, 0.05) is 11.8 Å². The van der Waals surface area contributed by atoms with E-state index in [1.807, 2.05) is 52.0 Å². The molecule has 3 atom stereocenters. The number of carboxylic acids is 2. The van der Waals surface area contributed by atoms with Crippen molar-refractivity contribution in [3.8, 4) is 23.0 Å². The van der Waals surface area contributed by atoms with E-state index in [4.69, 9.17) is 18.9 Å². The highest BCUT2D eigenvalue weighted by molar-refractivity contribution is 5.79. The summed E-state index contributed by atoms with van der Waals surface area (Å²) in [6.45, 7) is 10.0. The van der Waals surface area contributed by atoms with Gasteiger partial charge in [-0.05, 0) is 66.6 Å². The largest absolute Gasteiger partial charge is 0.490 e. The van der Waals surface area contributed by atoms with Crippen molar-refractivity contribution in [3.05, 3.63) is 47.0 Å². The first kappa shape index (κ1) is 29.1. The van der Waals surface area contributed by atoms with E-state index < -0.39 is 29.7 Å². The van der Waals surface area contributed by atoms with E-state index in [0.717, 1.165) is 36.8 Å². The van der Waals surface area contributed by atoms with Crippen molar-refractivity contribution in [1.82, 2.24) is 0 Å². The fourth-order valence-corrected chi connectivity index (χ4v) is 4.95.